The topological polar surface area (TPSA) is 88.1 Å². The Labute approximate surface area is 184 Å². The van der Waals surface area contributed by atoms with Crippen molar-refractivity contribution in [2.75, 3.05) is 16.8 Å². The van der Waals surface area contributed by atoms with Crippen molar-refractivity contribution in [3.63, 3.8) is 0 Å². The normalized spacial score (nSPS) is 18.9. The van der Waals surface area contributed by atoms with Gasteiger partial charge in [0.25, 0.3) is 0 Å². The Kier molecular flexibility index (Phi) is 6.36. The number of benzene rings is 2. The number of carbonyl (C=O) groups is 3. The van der Waals surface area contributed by atoms with Gasteiger partial charge in [-0.05, 0) is 56.2 Å². The molecule has 0 spiro atoms. The molecule has 2 aromatic rings. The summed E-state index contributed by atoms with van der Waals surface area (Å²) in [6, 6.07) is 16.2. The van der Waals surface area contributed by atoms with Gasteiger partial charge in [0, 0.05) is 12.1 Å². The van der Waals surface area contributed by atoms with Crippen molar-refractivity contribution in [1.29, 1.82) is 0 Å². The number of hydrogen-bond donors (Lipinski definition) is 1. The fourth-order valence-electron chi connectivity index (χ4n) is 3.17. The second-order valence-corrected chi connectivity index (χ2v) is 8.49. The van der Waals surface area contributed by atoms with Crippen LogP contribution in [0.1, 0.15) is 36.5 Å². The Hall–Kier alpha value is -3.13. The third-order valence-corrected chi connectivity index (χ3v) is 5.95. The van der Waals surface area contributed by atoms with Crippen LogP contribution in [0.2, 0.25) is 0 Å². The molecule has 1 N–H and O–H groups in total. The van der Waals surface area contributed by atoms with Gasteiger partial charge in [-0.3, -0.25) is 14.6 Å². The molecule has 0 aromatic heterocycles. The number of aliphatic imine (C=N–C) groups is 1. The lowest BCUT2D eigenvalue weighted by Crippen LogP contribution is -2.31. The van der Waals surface area contributed by atoms with Crippen LogP contribution in [-0.4, -0.2) is 40.8 Å². The molecule has 8 heteroatoms. The van der Waals surface area contributed by atoms with E-state index in [0.717, 1.165) is 18.5 Å². The highest BCUT2D eigenvalue weighted by Gasteiger charge is 2.41. The van der Waals surface area contributed by atoms with Crippen LogP contribution in [0.3, 0.4) is 0 Å². The molecular formula is C23H23N3O4S. The number of amidine groups is 1. The largest absolute Gasteiger partial charge is 0.462 e. The number of imide groups is 1. The summed E-state index contributed by atoms with van der Waals surface area (Å²) in [6.45, 7) is 2.02. The molecule has 1 saturated heterocycles. The first-order chi connectivity index (χ1) is 15.0. The number of ether oxygens (including phenoxy) is 1. The Balaban J connectivity index is 1.47. The molecule has 2 fully saturated rings. The zero-order valence-corrected chi connectivity index (χ0v) is 17.9. The summed E-state index contributed by atoms with van der Waals surface area (Å²) in [5.41, 5.74) is 1.71. The number of amides is 2. The van der Waals surface area contributed by atoms with Crippen LogP contribution in [0.25, 0.3) is 0 Å². The summed E-state index contributed by atoms with van der Waals surface area (Å²) in [5.74, 6) is -0.983. The van der Waals surface area contributed by atoms with Gasteiger partial charge in [0.1, 0.15) is 5.25 Å². The molecule has 1 saturated carbocycles. The average Bonchev–Trinajstić information content (AvgIpc) is 3.54. The predicted molar refractivity (Wildman–Crippen MR) is 121 cm³/mol. The molecule has 1 atom stereocenters. The molecule has 2 aliphatic rings. The van der Waals surface area contributed by atoms with Gasteiger partial charge in [0.2, 0.25) is 11.8 Å². The lowest BCUT2D eigenvalue weighted by atomic mass is 10.2. The molecule has 31 heavy (non-hydrogen) atoms. The number of hydrogen-bond acceptors (Lipinski definition) is 6. The highest BCUT2D eigenvalue weighted by molar-refractivity contribution is 8.15. The van der Waals surface area contributed by atoms with Crippen molar-refractivity contribution >= 4 is 46.1 Å². The Morgan fingerprint density at radius 2 is 1.84 bits per heavy atom. The second kappa shape index (κ2) is 9.34. The predicted octanol–water partition coefficient (Wildman–Crippen LogP) is 3.86. The van der Waals surface area contributed by atoms with E-state index in [2.05, 4.69) is 10.3 Å². The number of anilines is 2. The lowest BCUT2D eigenvalue weighted by Gasteiger charge is -2.16. The molecule has 7 nitrogen and oxygen atoms in total. The molecule has 2 amide bonds. The molecule has 2 aromatic carbocycles. The molecule has 0 radical (unpaired) electrons. The van der Waals surface area contributed by atoms with E-state index in [0.29, 0.717) is 16.4 Å². The van der Waals surface area contributed by atoms with Gasteiger partial charge >= 0.3 is 5.97 Å². The third-order valence-electron chi connectivity index (χ3n) is 4.87. The smallest absolute Gasteiger partial charge is 0.338 e. The second-order valence-electron chi connectivity index (χ2n) is 7.30. The van der Waals surface area contributed by atoms with Gasteiger partial charge in [0.05, 0.1) is 23.9 Å². The van der Waals surface area contributed by atoms with Crippen molar-refractivity contribution in [3.05, 3.63) is 60.2 Å². The maximum absolute atomic E-state index is 13.0. The summed E-state index contributed by atoms with van der Waals surface area (Å²) in [5, 5.41) is 3.38. The van der Waals surface area contributed by atoms with E-state index in [9.17, 15) is 14.4 Å². The van der Waals surface area contributed by atoms with E-state index in [1.165, 1.54) is 16.7 Å². The van der Waals surface area contributed by atoms with Crippen LogP contribution in [0, 0.1) is 0 Å². The highest BCUT2D eigenvalue weighted by Crippen LogP contribution is 2.33. The zero-order valence-electron chi connectivity index (χ0n) is 17.1. The molecule has 1 unspecified atom stereocenters. The summed E-state index contributed by atoms with van der Waals surface area (Å²) in [7, 11) is 0. The number of rotatable bonds is 6. The van der Waals surface area contributed by atoms with Crippen LogP contribution in [0.5, 0.6) is 0 Å². The Bertz CT molecular complexity index is 1000. The molecule has 1 aliphatic heterocycles. The van der Waals surface area contributed by atoms with Gasteiger partial charge in [-0.1, -0.05) is 30.0 Å². The number of thioether (sulfide) groups is 1. The lowest BCUT2D eigenvalue weighted by molar-refractivity contribution is -0.121. The van der Waals surface area contributed by atoms with Crippen LogP contribution in [0.4, 0.5) is 11.4 Å². The van der Waals surface area contributed by atoms with E-state index < -0.39 is 11.2 Å². The van der Waals surface area contributed by atoms with Crippen molar-refractivity contribution < 1.29 is 19.1 Å². The van der Waals surface area contributed by atoms with Crippen LogP contribution in [-0.2, 0) is 14.3 Å². The quantitative estimate of drug-likeness (QED) is 0.320. The maximum atomic E-state index is 13.0. The molecule has 0 bridgehead atoms. The van der Waals surface area contributed by atoms with Crippen LogP contribution in [0.15, 0.2) is 59.6 Å². The molecular weight excluding hydrogens is 414 g/mol. The maximum Gasteiger partial charge on any atom is 0.338 e. The van der Waals surface area contributed by atoms with E-state index in [4.69, 9.17) is 4.74 Å². The summed E-state index contributed by atoms with van der Waals surface area (Å²) in [4.78, 5) is 43.4. The van der Waals surface area contributed by atoms with Crippen molar-refractivity contribution in [2.24, 2.45) is 4.99 Å². The van der Waals surface area contributed by atoms with Crippen LogP contribution < -0.4 is 10.2 Å². The average molecular weight is 438 g/mol. The van der Waals surface area contributed by atoms with Crippen molar-refractivity contribution in [1.82, 2.24) is 0 Å². The fraction of sp³-hybridized carbons (Fsp3) is 0.304. The number of carbonyl (C=O) groups excluding carboxylic acids is 3. The van der Waals surface area contributed by atoms with E-state index in [1.54, 1.807) is 31.2 Å². The number of para-hydroxylation sites is 1. The first-order valence-corrected chi connectivity index (χ1v) is 11.1. The van der Waals surface area contributed by atoms with Gasteiger partial charge in [0.15, 0.2) is 5.17 Å². The first kappa shape index (κ1) is 21.1. The minimum Gasteiger partial charge on any atom is -0.462 e. The zero-order chi connectivity index (χ0) is 21.8. The van der Waals surface area contributed by atoms with Crippen LogP contribution >= 0.6 is 11.8 Å². The van der Waals surface area contributed by atoms with E-state index >= 15 is 0 Å². The van der Waals surface area contributed by atoms with Crippen molar-refractivity contribution in [3.8, 4) is 0 Å². The Morgan fingerprint density at radius 1 is 1.13 bits per heavy atom. The number of esters is 1. The molecule has 160 valence electrons. The third kappa shape index (κ3) is 5.14. The molecule has 1 aliphatic carbocycles. The summed E-state index contributed by atoms with van der Waals surface area (Å²) < 4.78 is 4.97. The summed E-state index contributed by atoms with van der Waals surface area (Å²) in [6.07, 6.45) is 2.18. The van der Waals surface area contributed by atoms with Gasteiger partial charge in [-0.2, -0.15) is 0 Å². The number of nitrogens with one attached hydrogen (secondary N) is 1. The minimum absolute atomic E-state index is 0.100. The van der Waals surface area contributed by atoms with E-state index in [1.807, 2.05) is 30.3 Å². The standard InChI is InChI=1S/C23H23N3O4S/c1-2-30-22(29)15-8-12-18(13-9-15)26-20(27)14-19(21(26)28)31-23(25-17-10-11-17)24-16-6-4-3-5-7-16/h3-9,12-13,17,19H,2,10-11,14H2,1H3,(H,24,25). The monoisotopic (exact) mass is 437 g/mol. The highest BCUT2D eigenvalue weighted by atomic mass is 32.2. The van der Waals surface area contributed by atoms with Gasteiger partial charge in [-0.25, -0.2) is 9.69 Å². The molecule has 1 heterocycles. The minimum atomic E-state index is -0.550. The summed E-state index contributed by atoms with van der Waals surface area (Å²) >= 11 is 1.29. The van der Waals surface area contributed by atoms with Crippen molar-refractivity contribution in [2.45, 2.75) is 37.5 Å². The Morgan fingerprint density at radius 3 is 2.48 bits per heavy atom. The van der Waals surface area contributed by atoms with E-state index in [-0.39, 0.29) is 30.9 Å². The fourth-order valence-corrected chi connectivity index (χ4v) is 4.26. The first-order valence-electron chi connectivity index (χ1n) is 10.3. The van der Waals surface area contributed by atoms with Gasteiger partial charge < -0.3 is 10.1 Å². The number of nitrogens with zero attached hydrogens (tertiary/aromatic N) is 2. The SMILES string of the molecule is CCOC(=O)c1ccc(N2C(=O)CC(SC(=NC3CC3)Nc3ccccc3)C2=O)cc1. The van der Waals surface area contributed by atoms with Gasteiger partial charge in [-0.15, -0.1) is 0 Å². The molecule has 4 rings (SSSR count).